The lowest BCUT2D eigenvalue weighted by Gasteiger charge is -2.27. The predicted molar refractivity (Wildman–Crippen MR) is 167 cm³/mol. The van der Waals surface area contributed by atoms with E-state index in [-0.39, 0.29) is 28.0 Å². The summed E-state index contributed by atoms with van der Waals surface area (Å²) >= 11 is 0.803. The quantitative estimate of drug-likeness (QED) is 0.117. The van der Waals surface area contributed by atoms with E-state index in [1.165, 1.54) is 7.11 Å². The molecule has 0 saturated carbocycles. The normalized spacial score (nSPS) is 15.5. The molecule has 0 unspecified atom stereocenters. The van der Waals surface area contributed by atoms with Crippen molar-refractivity contribution < 1.29 is 35.1 Å². The van der Waals surface area contributed by atoms with Crippen LogP contribution in [0.2, 0.25) is 0 Å². The van der Waals surface area contributed by atoms with Gasteiger partial charge < -0.3 is 19.9 Å². The van der Waals surface area contributed by atoms with Gasteiger partial charge in [-0.05, 0) is 71.2 Å². The Morgan fingerprint density at radius 1 is 1.04 bits per heavy atom. The zero-order valence-electron chi connectivity index (χ0n) is 26.3. The number of H-pyrrole nitrogens is 1. The highest BCUT2D eigenvalue weighted by molar-refractivity contribution is 7.99. The standard InChI is InChI=1S/C30H32F5N7O3S2/c1-15-11-22(40-39-15)36-27-26(45-6)28(42-10-9-16(14-42)41(4)5)38-29(37-27)46-21-8-7-17(12-18(21)31)47(43,44)30(2,3)23-24(34)19(32)13-20(33)25(23)35/h7-8,11-13,16H,9-10,14H2,1-6H3,(H2,36,37,38,39,40)/t16-/m1/s1. The van der Waals surface area contributed by atoms with Gasteiger partial charge in [-0.15, -0.1) is 0 Å². The highest BCUT2D eigenvalue weighted by Gasteiger charge is 2.44. The van der Waals surface area contributed by atoms with Crippen LogP contribution in [0.3, 0.4) is 0 Å². The first-order valence-corrected chi connectivity index (χ1v) is 16.6. The van der Waals surface area contributed by atoms with Crippen LogP contribution >= 0.6 is 11.8 Å². The molecule has 3 heterocycles. The van der Waals surface area contributed by atoms with E-state index in [0.717, 1.165) is 49.9 Å². The van der Waals surface area contributed by atoms with E-state index in [0.29, 0.717) is 36.5 Å². The predicted octanol–water partition coefficient (Wildman–Crippen LogP) is 5.96. The topological polar surface area (TPSA) is 116 Å². The first-order chi connectivity index (χ1) is 22.0. The number of nitrogens with one attached hydrogen (secondary N) is 2. The highest BCUT2D eigenvalue weighted by Crippen LogP contribution is 2.42. The second-order valence-corrected chi connectivity index (χ2v) is 15.2. The van der Waals surface area contributed by atoms with Crippen LogP contribution in [-0.2, 0) is 14.6 Å². The van der Waals surface area contributed by atoms with Crippen molar-refractivity contribution in [3.8, 4) is 5.75 Å². The number of hydrogen-bond acceptors (Lipinski definition) is 10. The van der Waals surface area contributed by atoms with Gasteiger partial charge in [-0.25, -0.2) is 40.3 Å². The molecular weight excluding hydrogens is 665 g/mol. The van der Waals surface area contributed by atoms with Gasteiger partial charge in [-0.2, -0.15) is 5.10 Å². The molecule has 5 rings (SSSR count). The third-order valence-electron chi connectivity index (χ3n) is 7.98. The molecule has 1 aliphatic heterocycles. The van der Waals surface area contributed by atoms with Gasteiger partial charge in [-0.3, -0.25) is 5.10 Å². The largest absolute Gasteiger partial charge is 0.490 e. The minimum absolute atomic E-state index is 0.0176. The van der Waals surface area contributed by atoms with E-state index in [2.05, 4.69) is 30.4 Å². The molecule has 2 aromatic heterocycles. The van der Waals surface area contributed by atoms with Crippen molar-refractivity contribution in [2.45, 2.75) is 52.9 Å². The van der Waals surface area contributed by atoms with Gasteiger partial charge in [-0.1, -0.05) is 0 Å². The summed E-state index contributed by atoms with van der Waals surface area (Å²) in [6.45, 7) is 4.88. The lowest BCUT2D eigenvalue weighted by atomic mass is 10.0. The average molecular weight is 698 g/mol. The third-order valence-corrected chi connectivity index (χ3v) is 11.3. The van der Waals surface area contributed by atoms with Crippen LogP contribution in [0, 0.1) is 36.0 Å². The van der Waals surface area contributed by atoms with Crippen molar-refractivity contribution in [2.75, 3.05) is 44.5 Å². The summed E-state index contributed by atoms with van der Waals surface area (Å²) in [5, 5.41) is 10.2. The maximum atomic E-state index is 15.6. The lowest BCUT2D eigenvalue weighted by molar-refractivity contribution is 0.315. The van der Waals surface area contributed by atoms with Crippen LogP contribution in [0.5, 0.6) is 5.75 Å². The maximum Gasteiger partial charge on any atom is 0.204 e. The Labute approximate surface area is 272 Å². The number of nitrogens with zero attached hydrogens (tertiary/aromatic N) is 5. The molecule has 4 aromatic rings. The van der Waals surface area contributed by atoms with Crippen molar-refractivity contribution in [3.05, 3.63) is 70.7 Å². The van der Waals surface area contributed by atoms with Gasteiger partial charge in [0.1, 0.15) is 10.6 Å². The van der Waals surface area contributed by atoms with Gasteiger partial charge in [0.2, 0.25) is 5.75 Å². The molecule has 2 aromatic carbocycles. The molecule has 1 aliphatic rings. The smallest absolute Gasteiger partial charge is 0.204 e. The van der Waals surface area contributed by atoms with Crippen LogP contribution < -0.4 is 15.0 Å². The number of aryl methyl sites for hydroxylation is 1. The Bertz CT molecular complexity index is 1910. The zero-order valence-corrected chi connectivity index (χ0v) is 27.9. The van der Waals surface area contributed by atoms with E-state index >= 15 is 4.39 Å². The molecule has 1 saturated heterocycles. The van der Waals surface area contributed by atoms with E-state index in [4.69, 9.17) is 4.74 Å². The second-order valence-electron chi connectivity index (χ2n) is 11.7. The number of hydrogen-bond donors (Lipinski definition) is 2. The van der Waals surface area contributed by atoms with Crippen molar-refractivity contribution in [1.82, 2.24) is 25.1 Å². The van der Waals surface area contributed by atoms with Crippen molar-refractivity contribution in [3.63, 3.8) is 0 Å². The second kappa shape index (κ2) is 12.9. The molecule has 0 bridgehead atoms. The Morgan fingerprint density at radius 3 is 2.28 bits per heavy atom. The minimum atomic E-state index is -4.80. The van der Waals surface area contributed by atoms with Gasteiger partial charge >= 0.3 is 0 Å². The number of rotatable bonds is 10. The van der Waals surface area contributed by atoms with E-state index < -0.39 is 54.1 Å². The summed E-state index contributed by atoms with van der Waals surface area (Å²) in [5.41, 5.74) is -0.546. The van der Waals surface area contributed by atoms with E-state index in [1.54, 1.807) is 6.07 Å². The first kappa shape index (κ1) is 34.4. The number of sulfone groups is 1. The summed E-state index contributed by atoms with van der Waals surface area (Å²) in [5.74, 6) is -6.75. The fourth-order valence-corrected chi connectivity index (χ4v) is 7.57. The number of benzene rings is 2. The maximum absolute atomic E-state index is 15.6. The van der Waals surface area contributed by atoms with Crippen molar-refractivity contribution in [1.29, 1.82) is 0 Å². The number of ether oxygens (including phenoxy) is 1. The molecule has 47 heavy (non-hydrogen) atoms. The molecule has 0 radical (unpaired) electrons. The Morgan fingerprint density at radius 2 is 1.72 bits per heavy atom. The van der Waals surface area contributed by atoms with Crippen LogP contribution in [0.1, 0.15) is 31.5 Å². The molecule has 17 heteroatoms. The summed E-state index contributed by atoms with van der Waals surface area (Å²) in [6.07, 6.45) is 0.862. The molecule has 2 N–H and O–H groups in total. The molecule has 252 valence electrons. The first-order valence-electron chi connectivity index (χ1n) is 14.3. The zero-order chi connectivity index (χ0) is 34.4. The van der Waals surface area contributed by atoms with Crippen molar-refractivity contribution >= 4 is 39.1 Å². The van der Waals surface area contributed by atoms with Crippen LogP contribution in [-0.4, -0.2) is 73.8 Å². The molecule has 0 amide bonds. The van der Waals surface area contributed by atoms with Crippen LogP contribution in [0.4, 0.5) is 39.4 Å². The van der Waals surface area contributed by atoms with E-state index in [1.807, 2.05) is 25.9 Å². The fraction of sp³-hybridized carbons (Fsp3) is 0.367. The highest BCUT2D eigenvalue weighted by atomic mass is 32.2. The molecule has 10 nitrogen and oxygen atoms in total. The van der Waals surface area contributed by atoms with Crippen LogP contribution in [0.15, 0.2) is 45.3 Å². The number of methoxy groups -OCH3 is 1. The summed E-state index contributed by atoms with van der Waals surface area (Å²) < 4.78 is 103. The Kier molecular flexibility index (Phi) is 9.45. The SMILES string of the molecule is COc1c(Nc2cc(C)[nH]n2)nc(Sc2ccc(S(=O)(=O)C(C)(C)c3c(F)c(F)cc(F)c3F)cc2F)nc1N1CC[C@@H](N(C)C)C1. The summed E-state index contributed by atoms with van der Waals surface area (Å²) in [4.78, 5) is 12.6. The number of likely N-dealkylation sites (N-methyl/N-ethyl adjacent to an activating group) is 1. The summed E-state index contributed by atoms with van der Waals surface area (Å²) in [7, 11) is 0.642. The van der Waals surface area contributed by atoms with Gasteiger partial charge in [0.15, 0.2) is 55.7 Å². The molecule has 1 fully saturated rings. The number of halogens is 5. The van der Waals surface area contributed by atoms with Crippen molar-refractivity contribution in [2.24, 2.45) is 0 Å². The lowest BCUT2D eigenvalue weighted by Crippen LogP contribution is -2.32. The molecular formula is C30H32F5N7O3S2. The van der Waals surface area contributed by atoms with E-state index in [9.17, 15) is 26.0 Å². The summed E-state index contributed by atoms with van der Waals surface area (Å²) in [6, 6.07) is 4.84. The Hall–Kier alpha value is -3.96. The number of aromatic nitrogens is 4. The molecule has 0 spiro atoms. The van der Waals surface area contributed by atoms with Gasteiger partial charge in [0.05, 0.1) is 22.5 Å². The van der Waals surface area contributed by atoms with Gasteiger partial charge in [0.25, 0.3) is 0 Å². The number of aromatic amines is 1. The fourth-order valence-electron chi connectivity index (χ4n) is 5.27. The Balaban J connectivity index is 1.52. The molecule has 0 aliphatic carbocycles. The molecule has 1 atom stereocenters. The minimum Gasteiger partial charge on any atom is -0.490 e. The number of anilines is 3. The van der Waals surface area contributed by atoms with Gasteiger partial charge in [0, 0.05) is 37.0 Å². The monoisotopic (exact) mass is 697 g/mol. The average Bonchev–Trinajstić information content (AvgIpc) is 3.66. The third kappa shape index (κ3) is 6.47. The van der Waals surface area contributed by atoms with Crippen LogP contribution in [0.25, 0.3) is 0 Å².